The van der Waals surface area contributed by atoms with Crippen LogP contribution in [0.4, 0.5) is 17.6 Å². The molecule has 2 heterocycles. The summed E-state index contributed by atoms with van der Waals surface area (Å²) in [5.74, 6) is -1.21. The van der Waals surface area contributed by atoms with E-state index >= 15 is 0 Å². The van der Waals surface area contributed by atoms with Gasteiger partial charge in [-0.25, -0.2) is 9.37 Å². The van der Waals surface area contributed by atoms with Gasteiger partial charge in [0.25, 0.3) is 0 Å². The topological polar surface area (TPSA) is 30.3 Å². The van der Waals surface area contributed by atoms with Gasteiger partial charge < -0.3 is 9.30 Å². The molecule has 1 saturated heterocycles. The molecule has 2 aromatic rings. The summed E-state index contributed by atoms with van der Waals surface area (Å²) in [5, 5.41) is 0. The molecule has 1 aromatic carbocycles. The van der Waals surface area contributed by atoms with Crippen LogP contribution in [0.5, 0.6) is 5.75 Å². The molecule has 0 radical (unpaired) electrons. The summed E-state index contributed by atoms with van der Waals surface area (Å²) in [6.07, 6.45) is -1.47. The molecule has 1 fully saturated rings. The normalized spacial score (nSPS) is 16.9. The number of halogens is 4. The number of rotatable bonds is 3. The second-order valence-corrected chi connectivity index (χ2v) is 5.74. The van der Waals surface area contributed by atoms with Crippen LogP contribution in [-0.2, 0) is 13.6 Å². The van der Waals surface area contributed by atoms with Crippen LogP contribution in [0.2, 0.25) is 0 Å². The van der Waals surface area contributed by atoms with E-state index in [4.69, 9.17) is 0 Å². The van der Waals surface area contributed by atoms with Crippen molar-refractivity contribution in [1.29, 1.82) is 0 Å². The Kier molecular flexibility index (Phi) is 4.18. The van der Waals surface area contributed by atoms with Gasteiger partial charge in [0.2, 0.25) is 0 Å². The fourth-order valence-corrected chi connectivity index (χ4v) is 2.91. The van der Waals surface area contributed by atoms with Gasteiger partial charge in [-0.15, -0.1) is 13.2 Å². The zero-order valence-electron chi connectivity index (χ0n) is 12.7. The number of aryl methyl sites for hydroxylation is 1. The predicted molar refractivity (Wildman–Crippen MR) is 76.5 cm³/mol. The number of fused-ring (bicyclic) bond motifs is 1. The van der Waals surface area contributed by atoms with E-state index in [1.807, 2.05) is 0 Å². The number of nitrogens with zero attached hydrogens (tertiary/aromatic N) is 3. The summed E-state index contributed by atoms with van der Waals surface area (Å²) in [5.41, 5.74) is 0.740. The van der Waals surface area contributed by atoms with Gasteiger partial charge >= 0.3 is 6.36 Å². The van der Waals surface area contributed by atoms with Crippen molar-refractivity contribution in [2.24, 2.45) is 7.05 Å². The third-order valence-corrected chi connectivity index (χ3v) is 4.07. The summed E-state index contributed by atoms with van der Waals surface area (Å²) in [7, 11) is 1.73. The van der Waals surface area contributed by atoms with Crippen LogP contribution in [0.3, 0.4) is 0 Å². The first-order valence-electron chi connectivity index (χ1n) is 7.46. The number of alkyl halides is 3. The molecule has 0 unspecified atom stereocenters. The van der Waals surface area contributed by atoms with E-state index in [1.54, 1.807) is 11.6 Å². The summed E-state index contributed by atoms with van der Waals surface area (Å²) in [6, 6.07) is 2.03. The van der Waals surface area contributed by atoms with Crippen molar-refractivity contribution in [1.82, 2.24) is 14.5 Å². The molecule has 0 amide bonds. The van der Waals surface area contributed by atoms with Crippen LogP contribution in [-0.4, -0.2) is 33.9 Å². The van der Waals surface area contributed by atoms with Gasteiger partial charge in [-0.05, 0) is 25.9 Å². The standard InChI is InChI=1S/C15H17F4N3O/c1-21-12-7-10(16)13(23-15(17,18)19)8-11(12)20-14(21)9-22-5-3-2-4-6-22/h7-8H,2-6,9H2,1H3. The molecule has 4 nitrogen and oxygen atoms in total. The SMILES string of the molecule is Cn1c(CN2CCCCC2)nc2cc(OC(F)(F)F)c(F)cc21. The molecule has 1 aliphatic rings. The summed E-state index contributed by atoms with van der Waals surface area (Å²) in [4.78, 5) is 6.59. The molecule has 0 spiro atoms. The maximum atomic E-state index is 13.8. The Morgan fingerprint density at radius 2 is 1.87 bits per heavy atom. The smallest absolute Gasteiger partial charge is 0.403 e. The average Bonchev–Trinajstić information content (AvgIpc) is 2.75. The maximum Gasteiger partial charge on any atom is 0.573 e. The highest BCUT2D eigenvalue weighted by Gasteiger charge is 2.32. The van der Waals surface area contributed by atoms with Gasteiger partial charge in [-0.1, -0.05) is 6.42 Å². The van der Waals surface area contributed by atoms with Crippen LogP contribution in [0.25, 0.3) is 11.0 Å². The van der Waals surface area contributed by atoms with Crippen molar-refractivity contribution in [3.63, 3.8) is 0 Å². The number of aromatic nitrogens is 2. The Bertz CT molecular complexity index is 705. The number of likely N-dealkylation sites (tertiary alicyclic amines) is 1. The van der Waals surface area contributed by atoms with Crippen molar-refractivity contribution in [3.05, 3.63) is 23.8 Å². The van der Waals surface area contributed by atoms with E-state index in [-0.39, 0.29) is 0 Å². The lowest BCUT2D eigenvalue weighted by Crippen LogP contribution is -2.30. The number of benzene rings is 1. The first-order chi connectivity index (χ1) is 10.8. The second kappa shape index (κ2) is 5.99. The maximum absolute atomic E-state index is 13.8. The number of piperidine rings is 1. The Balaban J connectivity index is 1.91. The molecule has 0 N–H and O–H groups in total. The predicted octanol–water partition coefficient (Wildman–Crippen LogP) is 3.60. The number of hydrogen-bond donors (Lipinski definition) is 0. The molecule has 23 heavy (non-hydrogen) atoms. The highest BCUT2D eigenvalue weighted by Crippen LogP contribution is 2.30. The van der Waals surface area contributed by atoms with Gasteiger partial charge in [0.1, 0.15) is 5.82 Å². The molecular formula is C15H17F4N3O. The lowest BCUT2D eigenvalue weighted by Gasteiger charge is -2.25. The Morgan fingerprint density at radius 3 is 2.52 bits per heavy atom. The average molecular weight is 331 g/mol. The van der Waals surface area contributed by atoms with Crippen molar-refractivity contribution >= 4 is 11.0 Å². The fraction of sp³-hybridized carbons (Fsp3) is 0.533. The molecule has 0 aliphatic carbocycles. The zero-order chi connectivity index (χ0) is 16.6. The van der Waals surface area contributed by atoms with E-state index < -0.39 is 17.9 Å². The quantitative estimate of drug-likeness (QED) is 0.805. The van der Waals surface area contributed by atoms with Crippen LogP contribution in [0, 0.1) is 5.82 Å². The summed E-state index contributed by atoms with van der Waals surface area (Å²) >= 11 is 0. The third-order valence-electron chi connectivity index (χ3n) is 4.07. The molecule has 0 atom stereocenters. The zero-order valence-corrected chi connectivity index (χ0v) is 12.7. The van der Waals surface area contributed by atoms with Crippen LogP contribution >= 0.6 is 0 Å². The van der Waals surface area contributed by atoms with E-state index in [9.17, 15) is 17.6 Å². The second-order valence-electron chi connectivity index (χ2n) is 5.74. The Labute approximate surface area is 130 Å². The molecular weight excluding hydrogens is 314 g/mol. The number of imidazole rings is 1. The van der Waals surface area contributed by atoms with Crippen LogP contribution in [0.1, 0.15) is 25.1 Å². The first-order valence-corrected chi connectivity index (χ1v) is 7.46. The third kappa shape index (κ3) is 3.57. The first kappa shape index (κ1) is 16.0. The van der Waals surface area contributed by atoms with Crippen LogP contribution in [0.15, 0.2) is 12.1 Å². The van der Waals surface area contributed by atoms with E-state index in [0.717, 1.165) is 38.1 Å². The van der Waals surface area contributed by atoms with Gasteiger partial charge in [0, 0.05) is 19.2 Å². The largest absolute Gasteiger partial charge is 0.573 e. The number of ether oxygens (including phenoxy) is 1. The molecule has 1 aliphatic heterocycles. The van der Waals surface area contributed by atoms with E-state index in [2.05, 4.69) is 14.6 Å². The molecule has 3 rings (SSSR count). The Morgan fingerprint density at radius 1 is 1.17 bits per heavy atom. The lowest BCUT2D eigenvalue weighted by atomic mass is 10.1. The lowest BCUT2D eigenvalue weighted by molar-refractivity contribution is -0.275. The van der Waals surface area contributed by atoms with Crippen molar-refractivity contribution in [2.75, 3.05) is 13.1 Å². The minimum atomic E-state index is -4.93. The molecule has 0 saturated carbocycles. The minimum Gasteiger partial charge on any atom is -0.403 e. The fourth-order valence-electron chi connectivity index (χ4n) is 2.91. The van der Waals surface area contributed by atoms with E-state index in [0.29, 0.717) is 23.4 Å². The van der Waals surface area contributed by atoms with Crippen molar-refractivity contribution < 1.29 is 22.3 Å². The monoisotopic (exact) mass is 331 g/mol. The van der Waals surface area contributed by atoms with Crippen molar-refractivity contribution in [2.45, 2.75) is 32.2 Å². The molecule has 0 bridgehead atoms. The van der Waals surface area contributed by atoms with Gasteiger partial charge in [0.15, 0.2) is 11.6 Å². The van der Waals surface area contributed by atoms with Gasteiger partial charge in [0.05, 0.1) is 17.6 Å². The highest BCUT2D eigenvalue weighted by atomic mass is 19.4. The minimum absolute atomic E-state index is 0.292. The number of hydrogen-bond acceptors (Lipinski definition) is 3. The van der Waals surface area contributed by atoms with Crippen LogP contribution < -0.4 is 4.74 Å². The van der Waals surface area contributed by atoms with E-state index in [1.165, 1.54) is 6.42 Å². The summed E-state index contributed by atoms with van der Waals surface area (Å²) in [6.45, 7) is 2.54. The molecule has 1 aromatic heterocycles. The van der Waals surface area contributed by atoms with Gasteiger partial charge in [-0.2, -0.15) is 0 Å². The molecule has 8 heteroatoms. The summed E-state index contributed by atoms with van der Waals surface area (Å²) < 4.78 is 56.1. The van der Waals surface area contributed by atoms with Gasteiger partial charge in [-0.3, -0.25) is 4.90 Å². The Hall–Kier alpha value is -1.83. The van der Waals surface area contributed by atoms with Crippen molar-refractivity contribution in [3.8, 4) is 5.75 Å². The highest BCUT2D eigenvalue weighted by molar-refractivity contribution is 5.78. The molecule has 126 valence electrons.